The summed E-state index contributed by atoms with van der Waals surface area (Å²) in [4.78, 5) is 20.8. The van der Waals surface area contributed by atoms with Gasteiger partial charge in [0.25, 0.3) is 0 Å². The number of carbonyl (C=O) groups excluding carboxylic acids is 2. The minimum Gasteiger partial charge on any atom is -0.369 e. The van der Waals surface area contributed by atoms with Crippen LogP contribution in [0.3, 0.4) is 0 Å². The van der Waals surface area contributed by atoms with Crippen LogP contribution in [-0.2, 0) is 9.59 Å². The number of primary amides is 2. The van der Waals surface area contributed by atoms with Gasteiger partial charge in [-0.3, -0.25) is 9.59 Å². The molecule has 0 aliphatic carbocycles. The fourth-order valence-electron chi connectivity index (χ4n) is 0.444. The normalized spacial score (nSPS) is 15.5. The standard InChI is InChI=1S/C5H10N2O2S2/c6-4(8)2(10)1-3(11)5(7)9/h2-3,10-11H,1H2,(H2,6,8)(H2,7,9). The quantitative estimate of drug-likeness (QED) is 0.430. The average Bonchev–Trinajstić information content (AvgIpc) is 1.87. The Morgan fingerprint density at radius 2 is 1.36 bits per heavy atom. The second-order valence-corrected chi connectivity index (χ2v) is 3.32. The molecule has 0 rings (SSSR count). The first-order valence-corrected chi connectivity index (χ1v) is 3.93. The first-order valence-electron chi connectivity index (χ1n) is 2.90. The number of nitrogens with two attached hydrogens (primary N) is 2. The Hall–Kier alpha value is -0.360. The molecule has 11 heavy (non-hydrogen) atoms. The highest BCUT2D eigenvalue weighted by atomic mass is 32.1. The van der Waals surface area contributed by atoms with Crippen LogP contribution in [-0.4, -0.2) is 22.3 Å². The molecule has 2 amide bonds. The fraction of sp³-hybridized carbons (Fsp3) is 0.600. The van der Waals surface area contributed by atoms with Crippen molar-refractivity contribution in [1.82, 2.24) is 0 Å². The Labute approximate surface area is 75.5 Å². The maximum atomic E-state index is 10.4. The van der Waals surface area contributed by atoms with Gasteiger partial charge in [-0.1, -0.05) is 0 Å². The summed E-state index contributed by atoms with van der Waals surface area (Å²) in [5.41, 5.74) is 9.77. The van der Waals surface area contributed by atoms with Crippen molar-refractivity contribution >= 4 is 37.1 Å². The summed E-state index contributed by atoms with van der Waals surface area (Å²) in [5.74, 6) is -1.15. The third kappa shape index (κ3) is 4.15. The van der Waals surface area contributed by atoms with Gasteiger partial charge < -0.3 is 11.5 Å². The lowest BCUT2D eigenvalue weighted by Gasteiger charge is -2.09. The van der Waals surface area contributed by atoms with Crippen molar-refractivity contribution in [2.75, 3.05) is 0 Å². The largest absolute Gasteiger partial charge is 0.369 e. The number of carbonyl (C=O) groups is 2. The van der Waals surface area contributed by atoms with Gasteiger partial charge in [0, 0.05) is 0 Å². The molecule has 4 nitrogen and oxygen atoms in total. The fourth-order valence-corrected chi connectivity index (χ4v) is 1.03. The molecule has 6 heteroatoms. The lowest BCUT2D eigenvalue weighted by molar-refractivity contribution is -0.118. The molecule has 2 unspecified atom stereocenters. The van der Waals surface area contributed by atoms with Gasteiger partial charge in [0.1, 0.15) is 0 Å². The van der Waals surface area contributed by atoms with Crippen LogP contribution in [0, 0.1) is 0 Å². The lowest BCUT2D eigenvalue weighted by atomic mass is 10.2. The number of rotatable bonds is 4. The van der Waals surface area contributed by atoms with E-state index >= 15 is 0 Å². The molecule has 0 aromatic heterocycles. The molecule has 4 N–H and O–H groups in total. The van der Waals surface area contributed by atoms with Gasteiger partial charge in [0.05, 0.1) is 10.5 Å². The van der Waals surface area contributed by atoms with Crippen molar-refractivity contribution in [3.63, 3.8) is 0 Å². The van der Waals surface area contributed by atoms with E-state index in [1.807, 2.05) is 0 Å². The first-order chi connectivity index (χ1) is 4.95. The van der Waals surface area contributed by atoms with E-state index in [4.69, 9.17) is 11.5 Å². The van der Waals surface area contributed by atoms with Crippen LogP contribution in [0.25, 0.3) is 0 Å². The Morgan fingerprint density at radius 1 is 1.09 bits per heavy atom. The lowest BCUT2D eigenvalue weighted by Crippen LogP contribution is -2.32. The number of amides is 2. The van der Waals surface area contributed by atoms with Crippen LogP contribution >= 0.6 is 25.3 Å². The van der Waals surface area contributed by atoms with Crippen LogP contribution < -0.4 is 11.5 Å². The second kappa shape index (κ2) is 4.50. The summed E-state index contributed by atoms with van der Waals surface area (Å²) >= 11 is 7.66. The molecule has 0 aromatic carbocycles. The third-order valence-corrected chi connectivity index (χ3v) is 2.03. The SMILES string of the molecule is NC(=O)C(S)CC(S)C(N)=O. The van der Waals surface area contributed by atoms with E-state index in [9.17, 15) is 9.59 Å². The second-order valence-electron chi connectivity index (χ2n) is 2.07. The molecule has 2 atom stereocenters. The Morgan fingerprint density at radius 3 is 1.55 bits per heavy atom. The summed E-state index contributed by atoms with van der Waals surface area (Å²) in [6.07, 6.45) is 0.164. The molecule has 0 spiro atoms. The van der Waals surface area contributed by atoms with Crippen LogP contribution in [0.15, 0.2) is 0 Å². The molecular weight excluding hydrogens is 184 g/mol. The van der Waals surface area contributed by atoms with Gasteiger partial charge in [0.15, 0.2) is 0 Å². The van der Waals surface area contributed by atoms with Crippen LogP contribution in [0.2, 0.25) is 0 Å². The summed E-state index contributed by atoms with van der Waals surface area (Å²) in [6.45, 7) is 0. The van der Waals surface area contributed by atoms with Crippen LogP contribution in [0.1, 0.15) is 6.42 Å². The van der Waals surface area contributed by atoms with Gasteiger partial charge in [-0.2, -0.15) is 25.3 Å². The predicted molar refractivity (Wildman–Crippen MR) is 48.6 cm³/mol. The highest BCUT2D eigenvalue weighted by molar-refractivity contribution is 7.82. The monoisotopic (exact) mass is 194 g/mol. The van der Waals surface area contributed by atoms with Crippen LogP contribution in [0.4, 0.5) is 0 Å². The highest BCUT2D eigenvalue weighted by Gasteiger charge is 2.18. The van der Waals surface area contributed by atoms with Gasteiger partial charge in [0.2, 0.25) is 11.8 Å². The molecule has 0 bridgehead atoms. The summed E-state index contributed by atoms with van der Waals surface area (Å²) in [6, 6.07) is 0. The number of thiol groups is 2. The Kier molecular flexibility index (Phi) is 4.36. The maximum absolute atomic E-state index is 10.4. The molecule has 0 aliphatic rings. The molecule has 0 saturated carbocycles. The van der Waals surface area contributed by atoms with E-state index in [1.165, 1.54) is 0 Å². The molecular formula is C5H10N2O2S2. The van der Waals surface area contributed by atoms with E-state index in [1.54, 1.807) is 0 Å². The number of hydrogen-bond donors (Lipinski definition) is 4. The van der Waals surface area contributed by atoms with Gasteiger partial charge in [-0.15, -0.1) is 0 Å². The first kappa shape index (κ1) is 10.6. The van der Waals surface area contributed by atoms with E-state index in [0.717, 1.165) is 0 Å². The molecule has 0 fully saturated rings. The number of hydrogen-bond acceptors (Lipinski definition) is 4. The van der Waals surface area contributed by atoms with Gasteiger partial charge in [-0.25, -0.2) is 0 Å². The van der Waals surface area contributed by atoms with Crippen molar-refractivity contribution in [2.45, 2.75) is 16.9 Å². The van der Waals surface area contributed by atoms with E-state index in [-0.39, 0.29) is 6.42 Å². The maximum Gasteiger partial charge on any atom is 0.230 e. The van der Waals surface area contributed by atoms with Gasteiger partial charge >= 0.3 is 0 Å². The van der Waals surface area contributed by atoms with E-state index in [2.05, 4.69) is 25.3 Å². The minimum atomic E-state index is -0.662. The van der Waals surface area contributed by atoms with E-state index in [0.29, 0.717) is 0 Å². The third-order valence-electron chi connectivity index (χ3n) is 1.10. The van der Waals surface area contributed by atoms with Crippen molar-refractivity contribution in [1.29, 1.82) is 0 Å². The van der Waals surface area contributed by atoms with Crippen molar-refractivity contribution in [2.24, 2.45) is 11.5 Å². The summed E-state index contributed by atoms with van der Waals surface area (Å²) in [7, 11) is 0. The molecule has 0 aromatic rings. The van der Waals surface area contributed by atoms with E-state index < -0.39 is 22.3 Å². The Bertz CT molecular complexity index is 156. The van der Waals surface area contributed by atoms with Crippen LogP contribution in [0.5, 0.6) is 0 Å². The minimum absolute atomic E-state index is 0.164. The molecule has 0 saturated heterocycles. The topological polar surface area (TPSA) is 86.2 Å². The predicted octanol–water partition coefficient (Wildman–Crippen LogP) is -1.06. The van der Waals surface area contributed by atoms with Crippen molar-refractivity contribution in [3.8, 4) is 0 Å². The smallest absolute Gasteiger partial charge is 0.230 e. The van der Waals surface area contributed by atoms with Gasteiger partial charge in [-0.05, 0) is 6.42 Å². The zero-order chi connectivity index (χ0) is 9.02. The Balaban J connectivity index is 3.84. The zero-order valence-corrected chi connectivity index (χ0v) is 7.52. The zero-order valence-electron chi connectivity index (χ0n) is 5.73. The summed E-state index contributed by atoms with van der Waals surface area (Å²) < 4.78 is 0. The molecule has 0 radical (unpaired) electrons. The molecule has 64 valence electrons. The molecule has 0 aliphatic heterocycles. The molecule has 0 heterocycles. The van der Waals surface area contributed by atoms with Crippen molar-refractivity contribution in [3.05, 3.63) is 0 Å². The highest BCUT2D eigenvalue weighted by Crippen LogP contribution is 2.08. The average molecular weight is 194 g/mol. The van der Waals surface area contributed by atoms with Crippen molar-refractivity contribution < 1.29 is 9.59 Å². The summed E-state index contributed by atoms with van der Waals surface area (Å²) in [5, 5.41) is -1.32.